The normalized spacial score (nSPS) is 13.3. The number of hydrogen-bond acceptors (Lipinski definition) is 5. The third kappa shape index (κ3) is 5.09. The summed E-state index contributed by atoms with van der Waals surface area (Å²) in [5.41, 5.74) is 1.64. The van der Waals surface area contributed by atoms with Gasteiger partial charge in [0.2, 0.25) is 5.91 Å². The Labute approximate surface area is 188 Å². The molecule has 1 N–H and O–H groups in total. The van der Waals surface area contributed by atoms with Gasteiger partial charge < -0.3 is 10.1 Å². The monoisotopic (exact) mass is 462 g/mol. The summed E-state index contributed by atoms with van der Waals surface area (Å²) < 4.78 is 7.89. The maximum absolute atomic E-state index is 12.4. The maximum atomic E-state index is 12.4. The molecule has 0 radical (unpaired) electrons. The summed E-state index contributed by atoms with van der Waals surface area (Å²) >= 11 is 13.7. The van der Waals surface area contributed by atoms with Gasteiger partial charge in [-0.15, -0.1) is 10.2 Å². The van der Waals surface area contributed by atoms with Gasteiger partial charge in [-0.2, -0.15) is 0 Å². The standard InChI is InChI=1S/C21H20Cl2N4O2S/c1-13-6-9-17(16(23)10-13)24-20(28)12-30-21-26-25-19(27(21)14-7-8-14)11-29-18-5-3-2-4-15(18)22/h2-6,9-10,14H,7-8,11-12H2,1H3,(H,24,28). The molecule has 0 unspecified atom stereocenters. The molecule has 3 aromatic rings. The maximum Gasteiger partial charge on any atom is 0.234 e. The number of benzene rings is 2. The van der Waals surface area contributed by atoms with Gasteiger partial charge in [0.1, 0.15) is 12.4 Å². The Hall–Kier alpha value is -2.22. The van der Waals surface area contributed by atoms with Gasteiger partial charge in [-0.1, -0.05) is 53.2 Å². The molecule has 1 aromatic heterocycles. The van der Waals surface area contributed by atoms with Crippen molar-refractivity contribution in [2.24, 2.45) is 0 Å². The summed E-state index contributed by atoms with van der Waals surface area (Å²) in [6.07, 6.45) is 2.13. The summed E-state index contributed by atoms with van der Waals surface area (Å²) in [6, 6.07) is 13.2. The van der Waals surface area contributed by atoms with Crippen LogP contribution >= 0.6 is 35.0 Å². The van der Waals surface area contributed by atoms with E-state index in [-0.39, 0.29) is 18.3 Å². The van der Waals surface area contributed by atoms with Crippen LogP contribution in [0.15, 0.2) is 47.6 Å². The molecule has 1 fully saturated rings. The predicted molar refractivity (Wildman–Crippen MR) is 120 cm³/mol. The number of aryl methyl sites for hydroxylation is 1. The predicted octanol–water partition coefficient (Wildman–Crippen LogP) is 5.54. The molecule has 6 nitrogen and oxygen atoms in total. The second-order valence-electron chi connectivity index (χ2n) is 7.04. The molecule has 1 amide bonds. The van der Waals surface area contributed by atoms with Crippen molar-refractivity contribution >= 4 is 46.6 Å². The number of rotatable bonds is 8. The van der Waals surface area contributed by atoms with Gasteiger partial charge in [0.15, 0.2) is 11.0 Å². The Morgan fingerprint density at radius 3 is 2.73 bits per heavy atom. The van der Waals surface area contributed by atoms with Gasteiger partial charge in [0.25, 0.3) is 0 Å². The van der Waals surface area contributed by atoms with Crippen molar-refractivity contribution < 1.29 is 9.53 Å². The van der Waals surface area contributed by atoms with Crippen molar-refractivity contribution in [1.82, 2.24) is 14.8 Å². The number of hydrogen-bond donors (Lipinski definition) is 1. The zero-order valence-corrected chi connectivity index (χ0v) is 18.6. The van der Waals surface area contributed by atoms with Crippen LogP contribution in [0.2, 0.25) is 10.0 Å². The van der Waals surface area contributed by atoms with Crippen molar-refractivity contribution in [2.45, 2.75) is 37.6 Å². The highest BCUT2D eigenvalue weighted by atomic mass is 35.5. The van der Waals surface area contributed by atoms with Crippen LogP contribution in [-0.2, 0) is 11.4 Å². The number of nitrogens with one attached hydrogen (secondary N) is 1. The first-order chi connectivity index (χ1) is 14.5. The number of para-hydroxylation sites is 1. The lowest BCUT2D eigenvalue weighted by Gasteiger charge is -2.11. The summed E-state index contributed by atoms with van der Waals surface area (Å²) in [5.74, 6) is 1.39. The number of aromatic nitrogens is 3. The molecular formula is C21H20Cl2N4O2S. The van der Waals surface area contributed by atoms with Crippen LogP contribution < -0.4 is 10.1 Å². The number of halogens is 2. The summed E-state index contributed by atoms with van der Waals surface area (Å²) in [7, 11) is 0. The van der Waals surface area contributed by atoms with E-state index in [1.807, 2.05) is 37.3 Å². The molecule has 0 aliphatic heterocycles. The van der Waals surface area contributed by atoms with Gasteiger partial charge in [-0.3, -0.25) is 9.36 Å². The molecule has 0 atom stereocenters. The van der Waals surface area contributed by atoms with Gasteiger partial charge in [-0.25, -0.2) is 0 Å². The Balaban J connectivity index is 1.39. The lowest BCUT2D eigenvalue weighted by Crippen LogP contribution is -2.15. The van der Waals surface area contributed by atoms with Crippen LogP contribution in [0.5, 0.6) is 5.75 Å². The van der Waals surface area contributed by atoms with Crippen molar-refractivity contribution in [3.8, 4) is 5.75 Å². The molecule has 4 rings (SSSR count). The van der Waals surface area contributed by atoms with E-state index < -0.39 is 0 Å². The Morgan fingerprint density at radius 2 is 2.00 bits per heavy atom. The Morgan fingerprint density at radius 1 is 1.20 bits per heavy atom. The van der Waals surface area contributed by atoms with E-state index in [0.717, 1.165) is 24.2 Å². The number of carbonyl (C=O) groups is 1. The highest BCUT2D eigenvalue weighted by Gasteiger charge is 2.30. The molecule has 30 heavy (non-hydrogen) atoms. The van der Waals surface area contributed by atoms with Crippen molar-refractivity contribution in [2.75, 3.05) is 11.1 Å². The number of amides is 1. The van der Waals surface area contributed by atoms with Gasteiger partial charge in [0, 0.05) is 6.04 Å². The highest BCUT2D eigenvalue weighted by Crippen LogP contribution is 2.39. The molecule has 1 aliphatic rings. The first-order valence-electron chi connectivity index (χ1n) is 9.51. The zero-order chi connectivity index (χ0) is 21.1. The van der Waals surface area contributed by atoms with E-state index in [1.165, 1.54) is 11.8 Å². The fraction of sp³-hybridized carbons (Fsp3) is 0.286. The first kappa shape index (κ1) is 21.0. The van der Waals surface area contributed by atoms with Crippen LogP contribution in [0.3, 0.4) is 0 Å². The Bertz CT molecular complexity index is 1070. The second kappa shape index (κ2) is 9.29. The number of thioether (sulfide) groups is 1. The Kier molecular flexibility index (Phi) is 6.51. The average molecular weight is 463 g/mol. The molecule has 1 saturated carbocycles. The largest absolute Gasteiger partial charge is 0.484 e. The SMILES string of the molecule is Cc1ccc(NC(=O)CSc2nnc(COc3ccccc3Cl)n2C2CC2)c(Cl)c1. The molecule has 9 heteroatoms. The first-order valence-corrected chi connectivity index (χ1v) is 11.3. The zero-order valence-electron chi connectivity index (χ0n) is 16.3. The quantitative estimate of drug-likeness (QED) is 0.445. The van der Waals surface area contributed by atoms with Crippen LogP contribution in [0.1, 0.15) is 30.3 Å². The van der Waals surface area contributed by atoms with Gasteiger partial charge in [-0.05, 0) is 49.6 Å². The molecule has 0 bridgehead atoms. The molecule has 2 aromatic carbocycles. The van der Waals surface area contributed by atoms with Gasteiger partial charge in [0.05, 0.1) is 21.5 Å². The minimum Gasteiger partial charge on any atom is -0.484 e. The summed E-state index contributed by atoms with van der Waals surface area (Å²) in [5, 5.41) is 13.2. The minimum absolute atomic E-state index is 0.148. The number of ether oxygens (including phenoxy) is 1. The highest BCUT2D eigenvalue weighted by molar-refractivity contribution is 7.99. The fourth-order valence-corrected chi connectivity index (χ4v) is 4.24. The molecule has 1 heterocycles. The van der Waals surface area contributed by atoms with E-state index in [2.05, 4.69) is 20.1 Å². The summed E-state index contributed by atoms with van der Waals surface area (Å²) in [4.78, 5) is 12.4. The van der Waals surface area contributed by atoms with E-state index in [4.69, 9.17) is 27.9 Å². The van der Waals surface area contributed by atoms with E-state index >= 15 is 0 Å². The van der Waals surface area contributed by atoms with E-state index in [0.29, 0.717) is 32.7 Å². The van der Waals surface area contributed by atoms with E-state index in [9.17, 15) is 4.79 Å². The van der Waals surface area contributed by atoms with Crippen LogP contribution in [0.25, 0.3) is 0 Å². The lowest BCUT2D eigenvalue weighted by atomic mass is 10.2. The lowest BCUT2D eigenvalue weighted by molar-refractivity contribution is -0.113. The van der Waals surface area contributed by atoms with Crippen molar-refractivity contribution in [1.29, 1.82) is 0 Å². The van der Waals surface area contributed by atoms with Crippen molar-refractivity contribution in [3.63, 3.8) is 0 Å². The smallest absolute Gasteiger partial charge is 0.234 e. The second-order valence-corrected chi connectivity index (χ2v) is 8.80. The topological polar surface area (TPSA) is 69.0 Å². The third-order valence-corrected chi connectivity index (χ3v) is 6.14. The number of nitrogens with zero attached hydrogens (tertiary/aromatic N) is 3. The average Bonchev–Trinajstić information content (AvgIpc) is 3.48. The third-order valence-electron chi connectivity index (χ3n) is 4.57. The van der Waals surface area contributed by atoms with Gasteiger partial charge >= 0.3 is 0 Å². The number of anilines is 1. The van der Waals surface area contributed by atoms with Crippen LogP contribution in [-0.4, -0.2) is 26.4 Å². The minimum atomic E-state index is -0.148. The fourth-order valence-electron chi connectivity index (χ4n) is 2.95. The van der Waals surface area contributed by atoms with Crippen LogP contribution in [0, 0.1) is 6.92 Å². The molecule has 0 saturated heterocycles. The van der Waals surface area contributed by atoms with Crippen molar-refractivity contribution in [3.05, 3.63) is 63.9 Å². The molecule has 156 valence electrons. The van der Waals surface area contributed by atoms with Crippen LogP contribution in [0.4, 0.5) is 5.69 Å². The summed E-state index contributed by atoms with van der Waals surface area (Å²) in [6.45, 7) is 2.21. The molecule has 0 spiro atoms. The number of carbonyl (C=O) groups excluding carboxylic acids is 1. The van der Waals surface area contributed by atoms with E-state index in [1.54, 1.807) is 12.1 Å². The molecule has 1 aliphatic carbocycles. The molecular weight excluding hydrogens is 443 g/mol.